The molecule has 1 aliphatic heterocycles. The van der Waals surface area contributed by atoms with Gasteiger partial charge in [-0.25, -0.2) is 14.8 Å². The van der Waals surface area contributed by atoms with Crippen molar-refractivity contribution in [3.8, 4) is 0 Å². The van der Waals surface area contributed by atoms with Crippen molar-refractivity contribution in [3.05, 3.63) is 18.0 Å². The van der Waals surface area contributed by atoms with E-state index in [9.17, 15) is 4.79 Å². The molecule has 0 spiro atoms. The molecule has 16 heavy (non-hydrogen) atoms. The Morgan fingerprint density at radius 3 is 3.19 bits per heavy atom. The minimum Gasteiger partial charge on any atom is -0.480 e. The molecule has 1 fully saturated rings. The van der Waals surface area contributed by atoms with Gasteiger partial charge in [-0.05, 0) is 13.0 Å². The first-order chi connectivity index (χ1) is 7.68. The molecular weight excluding hydrogens is 208 g/mol. The fourth-order valence-electron chi connectivity index (χ4n) is 1.74. The van der Waals surface area contributed by atoms with Crippen molar-refractivity contribution in [1.82, 2.24) is 15.3 Å². The number of aliphatic carboxylic acids is 1. The summed E-state index contributed by atoms with van der Waals surface area (Å²) in [6.07, 6.45) is 1.65. The van der Waals surface area contributed by atoms with Crippen LogP contribution in [0.1, 0.15) is 5.69 Å². The van der Waals surface area contributed by atoms with E-state index in [2.05, 4.69) is 15.3 Å². The van der Waals surface area contributed by atoms with Crippen molar-refractivity contribution in [2.45, 2.75) is 13.0 Å². The predicted octanol–water partition coefficient (Wildman–Crippen LogP) is -0.352. The minimum atomic E-state index is -0.850. The number of hydrogen-bond donors (Lipinski definition) is 2. The molecule has 6 nitrogen and oxygen atoms in total. The predicted molar refractivity (Wildman–Crippen MR) is 58.4 cm³/mol. The molecule has 0 unspecified atom stereocenters. The summed E-state index contributed by atoms with van der Waals surface area (Å²) in [4.78, 5) is 21.2. The summed E-state index contributed by atoms with van der Waals surface area (Å²) in [7, 11) is 0. The van der Waals surface area contributed by atoms with Crippen molar-refractivity contribution < 1.29 is 9.90 Å². The van der Waals surface area contributed by atoms with Crippen LogP contribution in [0.3, 0.4) is 0 Å². The number of aromatic nitrogens is 2. The second kappa shape index (κ2) is 4.44. The molecule has 1 aromatic heterocycles. The second-order valence-electron chi connectivity index (χ2n) is 3.75. The number of nitrogens with zero attached hydrogens (tertiary/aromatic N) is 3. The molecule has 2 N–H and O–H groups in total. The van der Waals surface area contributed by atoms with Crippen LogP contribution in [0.15, 0.2) is 12.3 Å². The molecule has 0 aromatic carbocycles. The molecular formula is C10H14N4O2. The van der Waals surface area contributed by atoms with E-state index in [0.29, 0.717) is 19.0 Å². The fourth-order valence-corrected chi connectivity index (χ4v) is 1.74. The summed E-state index contributed by atoms with van der Waals surface area (Å²) in [5.74, 6) is -0.355. The Morgan fingerprint density at radius 2 is 2.50 bits per heavy atom. The van der Waals surface area contributed by atoms with Gasteiger partial charge in [-0.2, -0.15) is 0 Å². The SMILES string of the molecule is Cc1ccnc(N2CCNC[C@@H]2C(=O)O)n1. The molecule has 1 aliphatic rings. The van der Waals surface area contributed by atoms with Crippen molar-refractivity contribution in [1.29, 1.82) is 0 Å². The smallest absolute Gasteiger partial charge is 0.327 e. The second-order valence-corrected chi connectivity index (χ2v) is 3.75. The average molecular weight is 222 g/mol. The standard InChI is InChI=1S/C10H14N4O2/c1-7-2-3-12-10(13-7)14-5-4-11-6-8(14)9(15)16/h2-3,8,11H,4-6H2,1H3,(H,15,16)/t8-/m1/s1. The van der Waals surface area contributed by atoms with Crippen LogP contribution in [-0.4, -0.2) is 46.7 Å². The topological polar surface area (TPSA) is 78.4 Å². The van der Waals surface area contributed by atoms with Crippen LogP contribution in [0.4, 0.5) is 5.95 Å². The Hall–Kier alpha value is -1.69. The lowest BCUT2D eigenvalue weighted by molar-refractivity contribution is -0.138. The van der Waals surface area contributed by atoms with Gasteiger partial charge in [0, 0.05) is 31.5 Å². The Bertz CT molecular complexity index is 396. The summed E-state index contributed by atoms with van der Waals surface area (Å²) in [6, 6.07) is 1.21. The molecule has 0 aliphatic carbocycles. The first-order valence-electron chi connectivity index (χ1n) is 5.18. The summed E-state index contributed by atoms with van der Waals surface area (Å²) in [6.45, 7) is 3.65. The maximum atomic E-state index is 11.1. The van der Waals surface area contributed by atoms with E-state index in [1.807, 2.05) is 6.92 Å². The largest absolute Gasteiger partial charge is 0.480 e. The molecule has 86 valence electrons. The fraction of sp³-hybridized carbons (Fsp3) is 0.500. The lowest BCUT2D eigenvalue weighted by Gasteiger charge is -2.33. The Labute approximate surface area is 93.3 Å². The van der Waals surface area contributed by atoms with Gasteiger partial charge in [-0.15, -0.1) is 0 Å². The molecule has 2 rings (SSSR count). The van der Waals surface area contributed by atoms with Crippen LogP contribution >= 0.6 is 0 Å². The van der Waals surface area contributed by atoms with Crippen LogP contribution < -0.4 is 10.2 Å². The zero-order chi connectivity index (χ0) is 11.5. The van der Waals surface area contributed by atoms with Gasteiger partial charge >= 0.3 is 5.97 Å². The van der Waals surface area contributed by atoms with Crippen LogP contribution in [-0.2, 0) is 4.79 Å². The van der Waals surface area contributed by atoms with Crippen molar-refractivity contribution >= 4 is 11.9 Å². The van der Waals surface area contributed by atoms with Gasteiger partial charge in [-0.3, -0.25) is 0 Å². The summed E-state index contributed by atoms with van der Waals surface area (Å²) in [5, 5.41) is 12.2. The molecule has 6 heteroatoms. The monoisotopic (exact) mass is 222 g/mol. The Kier molecular flexibility index (Phi) is 3.00. The number of aryl methyl sites for hydroxylation is 1. The Morgan fingerprint density at radius 1 is 1.69 bits per heavy atom. The normalized spacial score (nSPS) is 20.8. The molecule has 1 atom stereocenters. The lowest BCUT2D eigenvalue weighted by atomic mass is 10.2. The highest BCUT2D eigenvalue weighted by Crippen LogP contribution is 2.13. The molecule has 0 saturated carbocycles. The van der Waals surface area contributed by atoms with E-state index in [0.717, 1.165) is 12.2 Å². The highest BCUT2D eigenvalue weighted by molar-refractivity contribution is 5.78. The molecule has 1 aromatic rings. The zero-order valence-corrected chi connectivity index (χ0v) is 9.05. The van der Waals surface area contributed by atoms with Gasteiger partial charge < -0.3 is 15.3 Å². The van der Waals surface area contributed by atoms with Gasteiger partial charge in [-0.1, -0.05) is 0 Å². The van der Waals surface area contributed by atoms with Crippen molar-refractivity contribution in [2.24, 2.45) is 0 Å². The molecule has 0 radical (unpaired) electrons. The molecule has 0 amide bonds. The van der Waals surface area contributed by atoms with Crippen LogP contribution in [0.5, 0.6) is 0 Å². The minimum absolute atomic E-state index is 0.423. The van der Waals surface area contributed by atoms with Gasteiger partial charge in [0.05, 0.1) is 0 Å². The highest BCUT2D eigenvalue weighted by atomic mass is 16.4. The van der Waals surface area contributed by atoms with Crippen LogP contribution in [0.2, 0.25) is 0 Å². The quantitative estimate of drug-likeness (QED) is 0.712. The van der Waals surface area contributed by atoms with E-state index < -0.39 is 12.0 Å². The first-order valence-corrected chi connectivity index (χ1v) is 5.18. The zero-order valence-electron chi connectivity index (χ0n) is 9.05. The van der Waals surface area contributed by atoms with Crippen molar-refractivity contribution in [3.63, 3.8) is 0 Å². The number of hydrogen-bond acceptors (Lipinski definition) is 5. The number of carboxylic acid groups (broad SMARTS) is 1. The summed E-state index contributed by atoms with van der Waals surface area (Å²) < 4.78 is 0. The first kappa shape index (κ1) is 10.8. The maximum Gasteiger partial charge on any atom is 0.327 e. The number of rotatable bonds is 2. The lowest BCUT2D eigenvalue weighted by Crippen LogP contribution is -2.55. The van der Waals surface area contributed by atoms with Crippen LogP contribution in [0, 0.1) is 6.92 Å². The van der Waals surface area contributed by atoms with E-state index in [1.165, 1.54) is 0 Å². The maximum absolute atomic E-state index is 11.1. The number of anilines is 1. The number of piperazine rings is 1. The molecule has 0 bridgehead atoms. The summed E-state index contributed by atoms with van der Waals surface area (Å²) >= 11 is 0. The van der Waals surface area contributed by atoms with E-state index in [4.69, 9.17) is 5.11 Å². The third-order valence-corrected chi connectivity index (χ3v) is 2.57. The van der Waals surface area contributed by atoms with Gasteiger partial charge in [0.1, 0.15) is 6.04 Å². The van der Waals surface area contributed by atoms with Crippen molar-refractivity contribution in [2.75, 3.05) is 24.5 Å². The van der Waals surface area contributed by atoms with Crippen LogP contribution in [0.25, 0.3) is 0 Å². The average Bonchev–Trinajstić information content (AvgIpc) is 2.29. The van der Waals surface area contributed by atoms with E-state index in [-0.39, 0.29) is 0 Å². The molecule has 1 saturated heterocycles. The van der Waals surface area contributed by atoms with E-state index in [1.54, 1.807) is 17.2 Å². The Balaban J connectivity index is 2.26. The summed E-state index contributed by atoms with van der Waals surface area (Å²) in [5.41, 5.74) is 0.840. The number of nitrogens with one attached hydrogen (secondary N) is 1. The molecule has 2 heterocycles. The van der Waals surface area contributed by atoms with Gasteiger partial charge in [0.2, 0.25) is 5.95 Å². The highest BCUT2D eigenvalue weighted by Gasteiger charge is 2.29. The van der Waals surface area contributed by atoms with Gasteiger partial charge in [0.25, 0.3) is 0 Å². The number of carboxylic acids is 1. The number of carbonyl (C=O) groups is 1. The third-order valence-electron chi connectivity index (χ3n) is 2.57. The van der Waals surface area contributed by atoms with E-state index >= 15 is 0 Å². The third kappa shape index (κ3) is 2.11. The van der Waals surface area contributed by atoms with Gasteiger partial charge in [0.15, 0.2) is 0 Å².